The molecule has 2 unspecified atom stereocenters. The van der Waals surface area contributed by atoms with Gasteiger partial charge in [-0.05, 0) is 42.3 Å². The minimum Gasteiger partial charge on any atom is -0.309 e. The van der Waals surface area contributed by atoms with Gasteiger partial charge in [-0.2, -0.15) is 0 Å². The monoisotopic (exact) mass is 321 g/mol. The molecule has 0 aliphatic carbocycles. The zero-order valence-electron chi connectivity index (χ0n) is 12.4. The highest BCUT2D eigenvalue weighted by Crippen LogP contribution is 2.35. The number of hydrogen-bond donors (Lipinski definition) is 1. The molecule has 2 atom stereocenters. The lowest BCUT2D eigenvalue weighted by Gasteiger charge is -2.27. The van der Waals surface area contributed by atoms with E-state index in [1.165, 1.54) is 5.56 Å². The maximum atomic E-state index is 6.40. The minimum absolute atomic E-state index is 0.151. The van der Waals surface area contributed by atoms with E-state index in [0.717, 1.165) is 28.6 Å². The van der Waals surface area contributed by atoms with Crippen molar-refractivity contribution >= 4 is 23.2 Å². The van der Waals surface area contributed by atoms with E-state index in [-0.39, 0.29) is 6.04 Å². The smallest absolute Gasteiger partial charge is 0.0455 e. The molecule has 0 radical (unpaired) electrons. The molecule has 0 saturated heterocycles. The van der Waals surface area contributed by atoms with Crippen molar-refractivity contribution in [1.82, 2.24) is 5.32 Å². The lowest BCUT2D eigenvalue weighted by Crippen LogP contribution is -2.27. The molecule has 0 fully saturated rings. The van der Waals surface area contributed by atoms with E-state index >= 15 is 0 Å². The van der Waals surface area contributed by atoms with Crippen molar-refractivity contribution in [3.8, 4) is 0 Å². The van der Waals surface area contributed by atoms with Gasteiger partial charge < -0.3 is 5.32 Å². The Morgan fingerprint density at radius 3 is 2.43 bits per heavy atom. The summed E-state index contributed by atoms with van der Waals surface area (Å²) in [5, 5.41) is 5.09. The maximum Gasteiger partial charge on any atom is 0.0455 e. The molecule has 0 bridgehead atoms. The second-order valence-electron chi connectivity index (χ2n) is 5.30. The van der Waals surface area contributed by atoms with Gasteiger partial charge in [0, 0.05) is 22.0 Å². The molecule has 0 aromatic heterocycles. The summed E-state index contributed by atoms with van der Waals surface area (Å²) in [6, 6.07) is 16.3. The van der Waals surface area contributed by atoms with Crippen molar-refractivity contribution in [3.05, 3.63) is 69.7 Å². The van der Waals surface area contributed by atoms with E-state index in [4.69, 9.17) is 23.2 Å². The van der Waals surface area contributed by atoms with E-state index < -0.39 is 0 Å². The Morgan fingerprint density at radius 2 is 1.76 bits per heavy atom. The van der Waals surface area contributed by atoms with Crippen molar-refractivity contribution in [2.45, 2.75) is 32.2 Å². The Balaban J connectivity index is 2.36. The first-order valence-corrected chi connectivity index (χ1v) is 8.12. The molecule has 0 amide bonds. The summed E-state index contributed by atoms with van der Waals surface area (Å²) in [5.74, 6) is 0.314. The Bertz CT molecular complexity index is 569. The number of hydrogen-bond acceptors (Lipinski definition) is 1. The number of benzene rings is 2. The van der Waals surface area contributed by atoms with Gasteiger partial charge in [-0.1, -0.05) is 67.4 Å². The van der Waals surface area contributed by atoms with Gasteiger partial charge in [0.2, 0.25) is 0 Å². The van der Waals surface area contributed by atoms with Crippen LogP contribution in [0, 0.1) is 0 Å². The van der Waals surface area contributed by atoms with E-state index in [0.29, 0.717) is 5.92 Å². The second-order valence-corrected chi connectivity index (χ2v) is 6.14. The fourth-order valence-electron chi connectivity index (χ4n) is 2.56. The Labute approximate surface area is 137 Å². The van der Waals surface area contributed by atoms with Crippen molar-refractivity contribution < 1.29 is 0 Å². The van der Waals surface area contributed by atoms with Crippen LogP contribution in [-0.2, 0) is 0 Å². The lowest BCUT2D eigenvalue weighted by molar-refractivity contribution is 0.466. The van der Waals surface area contributed by atoms with E-state index in [9.17, 15) is 0 Å². The van der Waals surface area contributed by atoms with Crippen LogP contribution < -0.4 is 5.32 Å². The topological polar surface area (TPSA) is 12.0 Å². The van der Waals surface area contributed by atoms with Crippen molar-refractivity contribution in [2.24, 2.45) is 0 Å². The highest BCUT2D eigenvalue weighted by molar-refractivity contribution is 6.33. The van der Waals surface area contributed by atoms with Gasteiger partial charge in [-0.15, -0.1) is 0 Å². The number of halogens is 2. The largest absolute Gasteiger partial charge is 0.309 e. The van der Waals surface area contributed by atoms with E-state index in [1.54, 1.807) is 0 Å². The van der Waals surface area contributed by atoms with Gasteiger partial charge in [-0.25, -0.2) is 0 Å². The predicted molar refractivity (Wildman–Crippen MR) is 92.4 cm³/mol. The molecule has 0 aliphatic rings. The highest BCUT2D eigenvalue weighted by atomic mass is 35.5. The molecule has 2 aromatic carbocycles. The molecular weight excluding hydrogens is 301 g/mol. The fraction of sp³-hybridized carbons (Fsp3) is 0.333. The van der Waals surface area contributed by atoms with Crippen molar-refractivity contribution in [1.29, 1.82) is 0 Å². The quantitative estimate of drug-likeness (QED) is 0.704. The summed E-state index contributed by atoms with van der Waals surface area (Å²) >= 11 is 12.6. The molecule has 1 N–H and O–H groups in total. The second kappa shape index (κ2) is 7.84. The average molecular weight is 322 g/mol. The summed E-state index contributed by atoms with van der Waals surface area (Å²) in [5.41, 5.74) is 2.36. The van der Waals surface area contributed by atoms with E-state index in [2.05, 4.69) is 43.4 Å². The molecule has 112 valence electrons. The lowest BCUT2D eigenvalue weighted by atomic mass is 9.88. The molecule has 21 heavy (non-hydrogen) atoms. The van der Waals surface area contributed by atoms with Crippen LogP contribution in [-0.4, -0.2) is 6.54 Å². The van der Waals surface area contributed by atoms with Crippen LogP contribution in [0.3, 0.4) is 0 Å². The number of rotatable bonds is 6. The molecule has 1 nitrogen and oxygen atoms in total. The first-order chi connectivity index (χ1) is 10.1. The summed E-state index contributed by atoms with van der Waals surface area (Å²) in [4.78, 5) is 0. The van der Waals surface area contributed by atoms with Crippen LogP contribution in [0.2, 0.25) is 10.0 Å². The van der Waals surface area contributed by atoms with Gasteiger partial charge in [0.25, 0.3) is 0 Å². The highest BCUT2D eigenvalue weighted by Gasteiger charge is 2.22. The molecule has 0 spiro atoms. The number of nitrogens with one attached hydrogen (secondary N) is 1. The minimum atomic E-state index is 0.151. The molecule has 0 aliphatic heterocycles. The Morgan fingerprint density at radius 1 is 1.05 bits per heavy atom. The normalized spacial score (nSPS) is 13.9. The fourth-order valence-corrected chi connectivity index (χ4v) is 2.97. The van der Waals surface area contributed by atoms with Gasteiger partial charge in [0.15, 0.2) is 0 Å². The van der Waals surface area contributed by atoms with Crippen molar-refractivity contribution in [3.63, 3.8) is 0 Å². The third-order valence-electron chi connectivity index (χ3n) is 3.73. The van der Waals surface area contributed by atoms with Crippen LogP contribution in [0.1, 0.15) is 43.4 Å². The van der Waals surface area contributed by atoms with Crippen LogP contribution in [0.25, 0.3) is 0 Å². The maximum absolute atomic E-state index is 6.40. The van der Waals surface area contributed by atoms with Gasteiger partial charge >= 0.3 is 0 Å². The SMILES string of the molecule is CCCNC(c1cc(Cl)ccc1Cl)C(C)c1ccccc1. The molecule has 2 aromatic rings. The molecule has 3 heteroatoms. The van der Waals surface area contributed by atoms with Gasteiger partial charge in [0.1, 0.15) is 0 Å². The first kappa shape index (κ1) is 16.4. The molecule has 0 saturated carbocycles. The third-order valence-corrected chi connectivity index (χ3v) is 4.31. The van der Waals surface area contributed by atoms with E-state index in [1.807, 2.05) is 24.3 Å². The zero-order valence-corrected chi connectivity index (χ0v) is 14.0. The Hall–Kier alpha value is -1.02. The molecule has 2 rings (SSSR count). The Kier molecular flexibility index (Phi) is 6.10. The van der Waals surface area contributed by atoms with Crippen LogP contribution in [0.15, 0.2) is 48.5 Å². The standard InChI is InChI=1S/C18H21Cl2N/c1-3-11-21-18(13(2)14-7-5-4-6-8-14)16-12-15(19)9-10-17(16)20/h4-10,12-13,18,21H,3,11H2,1-2H3. The zero-order chi connectivity index (χ0) is 15.2. The third kappa shape index (κ3) is 4.23. The van der Waals surface area contributed by atoms with Crippen molar-refractivity contribution in [2.75, 3.05) is 6.54 Å². The average Bonchev–Trinajstić information content (AvgIpc) is 2.51. The summed E-state index contributed by atoms with van der Waals surface area (Å²) < 4.78 is 0. The predicted octanol–water partition coefficient (Wildman–Crippen LogP) is 5.84. The molecule has 0 heterocycles. The van der Waals surface area contributed by atoms with Crippen LogP contribution in [0.4, 0.5) is 0 Å². The van der Waals surface area contributed by atoms with Gasteiger partial charge in [0.05, 0.1) is 0 Å². The van der Waals surface area contributed by atoms with Crippen LogP contribution in [0.5, 0.6) is 0 Å². The summed E-state index contributed by atoms with van der Waals surface area (Å²) in [6.07, 6.45) is 1.08. The summed E-state index contributed by atoms with van der Waals surface area (Å²) in [7, 11) is 0. The van der Waals surface area contributed by atoms with Crippen LogP contribution >= 0.6 is 23.2 Å². The first-order valence-electron chi connectivity index (χ1n) is 7.36. The van der Waals surface area contributed by atoms with Gasteiger partial charge in [-0.3, -0.25) is 0 Å². The summed E-state index contributed by atoms with van der Waals surface area (Å²) in [6.45, 7) is 5.33. The molecular formula is C18H21Cl2N.